The van der Waals surface area contributed by atoms with Gasteiger partial charge in [-0.1, -0.05) is 0 Å². The summed E-state index contributed by atoms with van der Waals surface area (Å²) in [5.41, 5.74) is 0. The molecule has 2 heteroatoms. The van der Waals surface area contributed by atoms with Gasteiger partial charge in [0.25, 0.3) is 0 Å². The zero-order valence-electron chi connectivity index (χ0n) is 7.60. The van der Waals surface area contributed by atoms with Crippen LogP contribution in [0.5, 0.6) is 0 Å². The van der Waals surface area contributed by atoms with Crippen LogP contribution in [-0.4, -0.2) is 23.9 Å². The van der Waals surface area contributed by atoms with E-state index in [1.807, 2.05) is 4.90 Å². The van der Waals surface area contributed by atoms with Crippen LogP contribution >= 0.6 is 0 Å². The van der Waals surface area contributed by atoms with Gasteiger partial charge in [-0.2, -0.15) is 0 Å². The van der Waals surface area contributed by atoms with E-state index in [1.54, 1.807) is 6.92 Å². The summed E-state index contributed by atoms with van der Waals surface area (Å²) in [6.45, 7) is 3.72. The highest BCUT2D eigenvalue weighted by Crippen LogP contribution is 2.09. The van der Waals surface area contributed by atoms with Crippen LogP contribution in [0.15, 0.2) is 0 Å². The van der Waals surface area contributed by atoms with Crippen LogP contribution in [0.25, 0.3) is 0 Å². The van der Waals surface area contributed by atoms with E-state index >= 15 is 0 Å². The van der Waals surface area contributed by atoms with Crippen molar-refractivity contribution < 1.29 is 4.79 Å². The molecule has 0 aromatic carbocycles. The lowest BCUT2D eigenvalue weighted by Gasteiger charge is -2.13. The second-order valence-corrected chi connectivity index (χ2v) is 3.01. The number of rotatable bonds is 2. The molecule has 1 saturated heterocycles. The topological polar surface area (TPSA) is 20.3 Å². The first-order valence-corrected chi connectivity index (χ1v) is 4.52. The summed E-state index contributed by atoms with van der Waals surface area (Å²) in [4.78, 5) is 13.3. The van der Waals surface area contributed by atoms with Gasteiger partial charge in [-0.15, -0.1) is 11.8 Å². The summed E-state index contributed by atoms with van der Waals surface area (Å²) in [5.74, 6) is 5.97. The standard InChI is InChI=1S/C10H15NO/c1-2-3-4-7-10(12)11-8-5-6-9-11/h4-9H2,1H3. The van der Waals surface area contributed by atoms with Crippen LogP contribution in [0.3, 0.4) is 0 Å². The third-order valence-electron chi connectivity index (χ3n) is 2.10. The molecule has 0 aliphatic carbocycles. The van der Waals surface area contributed by atoms with Gasteiger partial charge in [0.1, 0.15) is 0 Å². The van der Waals surface area contributed by atoms with Crippen LogP contribution in [0.2, 0.25) is 0 Å². The SMILES string of the molecule is CC#CCCC(=O)N1CCCC1. The number of hydrogen-bond donors (Lipinski definition) is 0. The van der Waals surface area contributed by atoms with Crippen molar-refractivity contribution in [1.29, 1.82) is 0 Å². The molecular formula is C10H15NO. The molecule has 1 aliphatic heterocycles. The number of amides is 1. The average molecular weight is 165 g/mol. The lowest BCUT2D eigenvalue weighted by atomic mass is 10.3. The number of likely N-dealkylation sites (tertiary alicyclic amines) is 1. The van der Waals surface area contributed by atoms with E-state index in [9.17, 15) is 4.79 Å². The summed E-state index contributed by atoms with van der Waals surface area (Å²) >= 11 is 0. The highest BCUT2D eigenvalue weighted by atomic mass is 16.2. The molecule has 0 atom stereocenters. The van der Waals surface area contributed by atoms with Gasteiger partial charge in [-0.05, 0) is 19.8 Å². The van der Waals surface area contributed by atoms with Gasteiger partial charge in [0, 0.05) is 25.9 Å². The Bertz CT molecular complexity index is 206. The highest BCUT2D eigenvalue weighted by molar-refractivity contribution is 5.76. The fraction of sp³-hybridized carbons (Fsp3) is 0.700. The predicted molar refractivity (Wildman–Crippen MR) is 48.5 cm³/mol. The summed E-state index contributed by atoms with van der Waals surface area (Å²) in [6, 6.07) is 0. The maximum absolute atomic E-state index is 11.4. The van der Waals surface area contributed by atoms with Gasteiger partial charge in [0.05, 0.1) is 0 Å². The Labute approximate surface area is 73.9 Å². The Balaban J connectivity index is 2.21. The van der Waals surface area contributed by atoms with E-state index in [-0.39, 0.29) is 5.91 Å². The first kappa shape index (κ1) is 9.12. The zero-order chi connectivity index (χ0) is 8.81. The lowest BCUT2D eigenvalue weighted by Crippen LogP contribution is -2.27. The minimum atomic E-state index is 0.273. The molecule has 1 fully saturated rings. The number of nitrogens with zero attached hydrogens (tertiary/aromatic N) is 1. The van der Waals surface area contributed by atoms with E-state index in [2.05, 4.69) is 11.8 Å². The summed E-state index contributed by atoms with van der Waals surface area (Å²) < 4.78 is 0. The van der Waals surface area contributed by atoms with E-state index in [0.717, 1.165) is 13.1 Å². The third kappa shape index (κ3) is 2.58. The normalized spacial score (nSPS) is 15.6. The van der Waals surface area contributed by atoms with E-state index < -0.39 is 0 Å². The van der Waals surface area contributed by atoms with Crippen molar-refractivity contribution in [2.45, 2.75) is 32.6 Å². The second-order valence-electron chi connectivity index (χ2n) is 3.01. The Kier molecular flexibility index (Phi) is 3.66. The van der Waals surface area contributed by atoms with Gasteiger partial charge in [-0.25, -0.2) is 0 Å². The van der Waals surface area contributed by atoms with Gasteiger partial charge in [0.2, 0.25) is 5.91 Å². The van der Waals surface area contributed by atoms with Gasteiger partial charge in [-0.3, -0.25) is 4.79 Å². The molecule has 66 valence electrons. The summed E-state index contributed by atoms with van der Waals surface area (Å²) in [6.07, 6.45) is 3.66. The van der Waals surface area contributed by atoms with Gasteiger partial charge < -0.3 is 4.90 Å². The number of hydrogen-bond acceptors (Lipinski definition) is 1. The molecule has 12 heavy (non-hydrogen) atoms. The molecule has 1 rings (SSSR count). The quantitative estimate of drug-likeness (QED) is 0.566. The minimum Gasteiger partial charge on any atom is -0.343 e. The monoisotopic (exact) mass is 165 g/mol. The lowest BCUT2D eigenvalue weighted by molar-refractivity contribution is -0.129. The average Bonchev–Trinajstić information content (AvgIpc) is 2.56. The molecule has 0 radical (unpaired) electrons. The molecule has 0 bridgehead atoms. The fourth-order valence-electron chi connectivity index (χ4n) is 1.42. The molecule has 0 unspecified atom stereocenters. The Hall–Kier alpha value is -0.970. The van der Waals surface area contributed by atoms with Crippen molar-refractivity contribution in [3.63, 3.8) is 0 Å². The maximum Gasteiger partial charge on any atom is 0.223 e. The smallest absolute Gasteiger partial charge is 0.223 e. The van der Waals surface area contributed by atoms with Crippen molar-refractivity contribution in [2.75, 3.05) is 13.1 Å². The number of carbonyl (C=O) groups is 1. The molecule has 0 aromatic heterocycles. The molecule has 2 nitrogen and oxygen atoms in total. The van der Waals surface area contributed by atoms with E-state index in [4.69, 9.17) is 0 Å². The molecule has 1 amide bonds. The number of carbonyl (C=O) groups excluding carboxylic acids is 1. The van der Waals surface area contributed by atoms with Crippen molar-refractivity contribution in [3.8, 4) is 11.8 Å². The first-order chi connectivity index (χ1) is 5.84. The fourth-order valence-corrected chi connectivity index (χ4v) is 1.42. The molecule has 0 N–H and O–H groups in total. The Morgan fingerprint density at radius 2 is 2.08 bits per heavy atom. The molecule has 0 spiro atoms. The maximum atomic E-state index is 11.4. The molecular weight excluding hydrogens is 150 g/mol. The largest absolute Gasteiger partial charge is 0.343 e. The van der Waals surface area contributed by atoms with Crippen molar-refractivity contribution >= 4 is 5.91 Å². The molecule has 1 heterocycles. The molecule has 0 saturated carbocycles. The molecule has 0 aromatic rings. The summed E-state index contributed by atoms with van der Waals surface area (Å²) in [7, 11) is 0. The Morgan fingerprint density at radius 1 is 1.42 bits per heavy atom. The third-order valence-corrected chi connectivity index (χ3v) is 2.10. The summed E-state index contributed by atoms with van der Waals surface area (Å²) in [5, 5.41) is 0. The zero-order valence-corrected chi connectivity index (χ0v) is 7.60. The predicted octanol–water partition coefficient (Wildman–Crippen LogP) is 1.41. The van der Waals surface area contributed by atoms with Crippen LogP contribution in [-0.2, 0) is 4.79 Å². The van der Waals surface area contributed by atoms with E-state index in [0.29, 0.717) is 12.8 Å². The van der Waals surface area contributed by atoms with Gasteiger partial charge >= 0.3 is 0 Å². The highest BCUT2D eigenvalue weighted by Gasteiger charge is 2.16. The second kappa shape index (κ2) is 4.82. The minimum absolute atomic E-state index is 0.273. The van der Waals surface area contributed by atoms with Crippen molar-refractivity contribution in [2.24, 2.45) is 0 Å². The van der Waals surface area contributed by atoms with Crippen LogP contribution < -0.4 is 0 Å². The molecule has 1 aliphatic rings. The van der Waals surface area contributed by atoms with E-state index in [1.165, 1.54) is 12.8 Å². The van der Waals surface area contributed by atoms with Crippen molar-refractivity contribution in [1.82, 2.24) is 4.90 Å². The van der Waals surface area contributed by atoms with Crippen LogP contribution in [0.1, 0.15) is 32.6 Å². The Morgan fingerprint density at radius 3 is 2.67 bits per heavy atom. The van der Waals surface area contributed by atoms with Gasteiger partial charge in [0.15, 0.2) is 0 Å². The van der Waals surface area contributed by atoms with Crippen LogP contribution in [0, 0.1) is 11.8 Å². The first-order valence-electron chi connectivity index (χ1n) is 4.52. The van der Waals surface area contributed by atoms with Crippen molar-refractivity contribution in [3.05, 3.63) is 0 Å². The van der Waals surface area contributed by atoms with Crippen LogP contribution in [0.4, 0.5) is 0 Å².